The van der Waals surface area contributed by atoms with Crippen molar-refractivity contribution in [1.82, 2.24) is 33.4 Å². The Bertz CT molecular complexity index is 1180. The lowest BCUT2D eigenvalue weighted by Gasteiger charge is -2.26. The molecule has 4 rings (SSSR count). The van der Waals surface area contributed by atoms with E-state index in [-0.39, 0.29) is 11.2 Å². The second-order valence-corrected chi connectivity index (χ2v) is 7.64. The van der Waals surface area contributed by atoms with Crippen molar-refractivity contribution in [3.05, 3.63) is 38.3 Å². The van der Waals surface area contributed by atoms with Gasteiger partial charge in [0.1, 0.15) is 0 Å². The van der Waals surface area contributed by atoms with Crippen molar-refractivity contribution >= 4 is 11.2 Å². The lowest BCUT2D eigenvalue weighted by atomic mass is 10.3. The van der Waals surface area contributed by atoms with Gasteiger partial charge in [0.25, 0.3) is 5.56 Å². The predicted molar refractivity (Wildman–Crippen MR) is 113 cm³/mol. The minimum absolute atomic E-state index is 0.316. The maximum atomic E-state index is 13.3. The highest BCUT2D eigenvalue weighted by atomic mass is 16.5. The van der Waals surface area contributed by atoms with Crippen LogP contribution in [0, 0.1) is 0 Å². The molecule has 0 N–H and O–H groups in total. The number of aromatic nitrogens is 6. The first-order valence-corrected chi connectivity index (χ1v) is 10.5. The molecule has 1 aliphatic heterocycles. The van der Waals surface area contributed by atoms with Gasteiger partial charge in [0.15, 0.2) is 11.2 Å². The largest absolute Gasteiger partial charge is 0.379 e. The smallest absolute Gasteiger partial charge is 0.332 e. The number of fused-ring (bicyclic) bond motifs is 1. The van der Waals surface area contributed by atoms with Gasteiger partial charge in [-0.3, -0.25) is 18.8 Å². The van der Waals surface area contributed by atoms with Crippen LogP contribution >= 0.6 is 0 Å². The third-order valence-corrected chi connectivity index (χ3v) is 5.83. The van der Waals surface area contributed by atoms with Crippen LogP contribution < -0.4 is 11.2 Å². The molecule has 0 unspecified atom stereocenters. The van der Waals surface area contributed by atoms with Gasteiger partial charge < -0.3 is 9.30 Å². The monoisotopic (exact) mass is 415 g/mol. The number of nitrogens with zero attached hydrogens (tertiary/aromatic N) is 7. The average Bonchev–Trinajstić information content (AvgIpc) is 3.33. The summed E-state index contributed by atoms with van der Waals surface area (Å²) < 4.78 is 11.7. The molecule has 3 aromatic heterocycles. The Morgan fingerprint density at radius 1 is 1.03 bits per heavy atom. The van der Waals surface area contributed by atoms with Crippen molar-refractivity contribution in [1.29, 1.82) is 0 Å². The molecule has 30 heavy (non-hydrogen) atoms. The Hall–Kier alpha value is -2.72. The Kier molecular flexibility index (Phi) is 5.61. The quantitative estimate of drug-likeness (QED) is 0.566. The summed E-state index contributed by atoms with van der Waals surface area (Å²) in [6.07, 6.45) is 1.61. The molecule has 0 aromatic carbocycles. The number of morpholine rings is 1. The normalized spacial score (nSPS) is 15.3. The molecule has 0 bridgehead atoms. The van der Waals surface area contributed by atoms with Gasteiger partial charge in [-0.1, -0.05) is 13.8 Å². The molecule has 1 saturated heterocycles. The molecule has 0 radical (unpaired) electrons. The summed E-state index contributed by atoms with van der Waals surface area (Å²) in [5.74, 6) is 0.541. The molecule has 10 nitrogen and oxygen atoms in total. The molecular formula is C20H29N7O3. The first-order chi connectivity index (χ1) is 14.5. The third-order valence-electron chi connectivity index (χ3n) is 5.83. The lowest BCUT2D eigenvalue weighted by Crippen LogP contribution is -2.44. The summed E-state index contributed by atoms with van der Waals surface area (Å²) in [4.78, 5) is 33.0. The van der Waals surface area contributed by atoms with Crippen LogP contribution in [0.5, 0.6) is 0 Å². The fraction of sp³-hybridized carbons (Fsp3) is 0.600. The average molecular weight is 415 g/mol. The van der Waals surface area contributed by atoms with Gasteiger partial charge in [-0.25, -0.2) is 9.48 Å². The van der Waals surface area contributed by atoms with E-state index < -0.39 is 0 Å². The van der Waals surface area contributed by atoms with E-state index in [0.717, 1.165) is 37.3 Å². The zero-order valence-electron chi connectivity index (χ0n) is 18.1. The fourth-order valence-corrected chi connectivity index (χ4v) is 3.96. The number of ether oxygens (including phenoxy) is 1. The number of hydrogen-bond acceptors (Lipinski definition) is 6. The molecule has 0 aliphatic carbocycles. The van der Waals surface area contributed by atoms with E-state index in [1.165, 1.54) is 9.13 Å². The maximum Gasteiger partial charge on any atom is 0.332 e. The summed E-state index contributed by atoms with van der Waals surface area (Å²) in [6, 6.07) is 2.05. The van der Waals surface area contributed by atoms with Gasteiger partial charge in [-0.2, -0.15) is 10.1 Å². The Morgan fingerprint density at radius 2 is 1.77 bits per heavy atom. The first-order valence-electron chi connectivity index (χ1n) is 10.5. The molecule has 0 atom stereocenters. The van der Waals surface area contributed by atoms with Crippen molar-refractivity contribution in [2.24, 2.45) is 14.1 Å². The second-order valence-electron chi connectivity index (χ2n) is 7.64. The summed E-state index contributed by atoms with van der Waals surface area (Å²) in [5, 5.41) is 4.65. The van der Waals surface area contributed by atoms with E-state index in [9.17, 15) is 9.59 Å². The van der Waals surface area contributed by atoms with E-state index >= 15 is 0 Å². The Morgan fingerprint density at radius 3 is 2.43 bits per heavy atom. The highest BCUT2D eigenvalue weighted by Crippen LogP contribution is 2.17. The highest BCUT2D eigenvalue weighted by Gasteiger charge is 2.22. The van der Waals surface area contributed by atoms with Crippen LogP contribution in [-0.2, 0) is 38.2 Å². The summed E-state index contributed by atoms with van der Waals surface area (Å²) in [7, 11) is 3.46. The SMILES string of the molecule is CCc1cc(CC)n(-c2nc3c(c(=O)n(CCN4CCOCC4)c(=O)n3C)n2C)n1. The molecule has 1 fully saturated rings. The highest BCUT2D eigenvalue weighted by molar-refractivity contribution is 5.72. The van der Waals surface area contributed by atoms with Crippen LogP contribution in [0.4, 0.5) is 0 Å². The van der Waals surface area contributed by atoms with Gasteiger partial charge in [0, 0.05) is 46.0 Å². The lowest BCUT2D eigenvalue weighted by molar-refractivity contribution is 0.0361. The first kappa shape index (κ1) is 20.5. The molecule has 3 aromatic rings. The number of hydrogen-bond donors (Lipinski definition) is 0. The zero-order valence-corrected chi connectivity index (χ0v) is 18.1. The van der Waals surface area contributed by atoms with Crippen molar-refractivity contribution in [3.8, 4) is 5.95 Å². The third kappa shape index (κ3) is 3.39. The standard InChI is InChI=1S/C20H29N7O3/c1-5-14-13-15(6-2)27(22-14)19-21-17-16(23(19)3)18(28)26(20(29)24(17)4)8-7-25-9-11-30-12-10-25/h13H,5-12H2,1-4H3. The number of rotatable bonds is 6. The number of imidazole rings is 1. The van der Waals surface area contributed by atoms with Crippen LogP contribution in [0.3, 0.4) is 0 Å². The zero-order chi connectivity index (χ0) is 21.4. The van der Waals surface area contributed by atoms with Crippen LogP contribution in [-0.4, -0.2) is 66.2 Å². The van der Waals surface area contributed by atoms with E-state index in [0.29, 0.717) is 43.4 Å². The minimum Gasteiger partial charge on any atom is -0.379 e. The van der Waals surface area contributed by atoms with Gasteiger partial charge in [0.2, 0.25) is 5.95 Å². The molecule has 162 valence electrons. The van der Waals surface area contributed by atoms with E-state index in [4.69, 9.17) is 4.74 Å². The van der Waals surface area contributed by atoms with Gasteiger partial charge in [-0.15, -0.1) is 0 Å². The van der Waals surface area contributed by atoms with Crippen molar-refractivity contribution in [2.75, 3.05) is 32.8 Å². The van der Waals surface area contributed by atoms with E-state index in [1.54, 1.807) is 23.3 Å². The molecule has 1 aliphatic rings. The van der Waals surface area contributed by atoms with Gasteiger partial charge >= 0.3 is 5.69 Å². The van der Waals surface area contributed by atoms with E-state index in [1.807, 2.05) is 0 Å². The Balaban J connectivity index is 1.80. The van der Waals surface area contributed by atoms with Crippen molar-refractivity contribution in [2.45, 2.75) is 33.2 Å². The van der Waals surface area contributed by atoms with Crippen LogP contribution in [0.15, 0.2) is 15.7 Å². The Labute approximate surface area is 174 Å². The second kappa shape index (κ2) is 8.19. The number of aryl methyl sites for hydroxylation is 4. The topological polar surface area (TPSA) is 92.1 Å². The molecule has 0 spiro atoms. The molecule has 0 saturated carbocycles. The maximum absolute atomic E-state index is 13.3. The van der Waals surface area contributed by atoms with Crippen molar-refractivity contribution < 1.29 is 4.74 Å². The van der Waals surface area contributed by atoms with Gasteiger partial charge in [0.05, 0.1) is 18.9 Å². The summed E-state index contributed by atoms with van der Waals surface area (Å²) >= 11 is 0. The summed E-state index contributed by atoms with van der Waals surface area (Å²) in [5.41, 5.74) is 2.10. The van der Waals surface area contributed by atoms with E-state index in [2.05, 4.69) is 34.9 Å². The minimum atomic E-state index is -0.351. The molecule has 0 amide bonds. The molecule has 10 heteroatoms. The fourth-order valence-electron chi connectivity index (χ4n) is 3.96. The summed E-state index contributed by atoms with van der Waals surface area (Å²) in [6.45, 7) is 8.07. The van der Waals surface area contributed by atoms with Crippen LogP contribution in [0.2, 0.25) is 0 Å². The molecule has 4 heterocycles. The van der Waals surface area contributed by atoms with Crippen LogP contribution in [0.25, 0.3) is 17.1 Å². The predicted octanol–water partition coefficient (Wildman–Crippen LogP) is 0.0764. The van der Waals surface area contributed by atoms with Crippen molar-refractivity contribution in [3.63, 3.8) is 0 Å². The van der Waals surface area contributed by atoms with Gasteiger partial charge in [-0.05, 0) is 18.9 Å². The van der Waals surface area contributed by atoms with Crippen LogP contribution in [0.1, 0.15) is 25.2 Å². The molecular weight excluding hydrogens is 386 g/mol.